The molecule has 1 aromatic carbocycles. The molecule has 0 fully saturated rings. The molecule has 0 saturated heterocycles. The molecular formula is C21H24ClN3O. The number of nitrogens with zero attached hydrogens (tertiary/aromatic N) is 3. The van der Waals surface area contributed by atoms with E-state index in [4.69, 9.17) is 16.7 Å². The van der Waals surface area contributed by atoms with Crippen molar-refractivity contribution in [1.82, 2.24) is 14.6 Å². The van der Waals surface area contributed by atoms with Gasteiger partial charge in [-0.2, -0.15) is 5.10 Å². The molecular weight excluding hydrogens is 346 g/mol. The number of halogens is 1. The zero-order chi connectivity index (χ0) is 18.8. The Morgan fingerprint density at radius 3 is 2.42 bits per heavy atom. The van der Waals surface area contributed by atoms with Gasteiger partial charge in [0, 0.05) is 39.9 Å². The summed E-state index contributed by atoms with van der Waals surface area (Å²) in [6.45, 7) is 8.10. The molecule has 0 saturated carbocycles. The number of carbonyl (C=O) groups is 1. The molecule has 3 aromatic rings. The van der Waals surface area contributed by atoms with E-state index < -0.39 is 0 Å². The van der Waals surface area contributed by atoms with Crippen LogP contribution in [0.4, 0.5) is 0 Å². The maximum Gasteiger partial charge on any atom is 0.159 e. The van der Waals surface area contributed by atoms with Crippen molar-refractivity contribution in [2.45, 2.75) is 47.0 Å². The van der Waals surface area contributed by atoms with Gasteiger partial charge in [0.15, 0.2) is 5.65 Å². The number of Topliss-reactive ketones (excluding diaryl/α,β-unsaturated/α-hetero) is 1. The first-order valence-electron chi connectivity index (χ1n) is 9.09. The van der Waals surface area contributed by atoms with E-state index in [1.165, 1.54) is 0 Å². The largest absolute Gasteiger partial charge is 0.299 e. The maximum atomic E-state index is 12.8. The number of fused-ring (bicyclic) bond motifs is 1. The Kier molecular flexibility index (Phi) is 5.42. The average molecular weight is 370 g/mol. The Hall–Kier alpha value is -2.20. The zero-order valence-corrected chi connectivity index (χ0v) is 16.5. The van der Waals surface area contributed by atoms with Gasteiger partial charge in [-0.05, 0) is 44.9 Å². The molecule has 0 aliphatic heterocycles. The fourth-order valence-corrected chi connectivity index (χ4v) is 3.56. The topological polar surface area (TPSA) is 47.3 Å². The summed E-state index contributed by atoms with van der Waals surface area (Å²) in [6.07, 6.45) is 2.07. The van der Waals surface area contributed by atoms with E-state index in [-0.39, 0.29) is 11.7 Å². The number of hydrogen-bond donors (Lipinski definition) is 0. The van der Waals surface area contributed by atoms with Gasteiger partial charge in [0.1, 0.15) is 5.78 Å². The minimum atomic E-state index is 0.0777. The average Bonchev–Trinajstić information content (AvgIpc) is 2.95. The van der Waals surface area contributed by atoms with Crippen LogP contribution in [0.1, 0.15) is 43.6 Å². The van der Waals surface area contributed by atoms with E-state index in [0.717, 1.165) is 46.7 Å². The summed E-state index contributed by atoms with van der Waals surface area (Å²) in [5.74, 6) is 0.329. The molecule has 0 bridgehead atoms. The SMILES string of the molecule is CCC(CC)C(=O)Cc1c(-c2ccc(Cl)cc2)nn2c(C)cc(C)nc12. The quantitative estimate of drug-likeness (QED) is 0.598. The lowest BCUT2D eigenvalue weighted by atomic mass is 9.92. The summed E-state index contributed by atoms with van der Waals surface area (Å²) < 4.78 is 1.84. The van der Waals surface area contributed by atoms with Gasteiger partial charge in [0.25, 0.3) is 0 Å². The molecule has 4 nitrogen and oxygen atoms in total. The normalized spacial score (nSPS) is 11.5. The Morgan fingerprint density at radius 1 is 1.15 bits per heavy atom. The molecule has 0 unspecified atom stereocenters. The molecule has 0 radical (unpaired) electrons. The number of aromatic nitrogens is 3. The second-order valence-electron chi connectivity index (χ2n) is 6.76. The molecule has 136 valence electrons. The molecule has 0 atom stereocenters. The predicted octanol–water partition coefficient (Wildman–Crippen LogP) is 5.21. The Labute approximate surface area is 159 Å². The van der Waals surface area contributed by atoms with Crippen LogP contribution in [0.15, 0.2) is 30.3 Å². The Bertz CT molecular complexity index is 940. The van der Waals surface area contributed by atoms with Gasteiger partial charge in [0.2, 0.25) is 0 Å². The summed E-state index contributed by atoms with van der Waals surface area (Å²) in [6, 6.07) is 9.57. The number of hydrogen-bond acceptors (Lipinski definition) is 3. The third kappa shape index (κ3) is 3.51. The standard InChI is InChI=1S/C21H24ClN3O/c1-5-15(6-2)19(26)12-18-20(16-7-9-17(22)10-8-16)24-25-14(4)11-13(3)23-21(18)25/h7-11,15H,5-6,12H2,1-4H3. The maximum absolute atomic E-state index is 12.8. The fraction of sp³-hybridized carbons (Fsp3) is 0.381. The number of carbonyl (C=O) groups excluding carboxylic acids is 1. The van der Waals surface area contributed by atoms with Crippen molar-refractivity contribution in [3.05, 3.63) is 52.3 Å². The smallest absolute Gasteiger partial charge is 0.159 e. The highest BCUT2D eigenvalue weighted by atomic mass is 35.5. The molecule has 0 N–H and O–H groups in total. The molecule has 2 aromatic heterocycles. The highest BCUT2D eigenvalue weighted by Crippen LogP contribution is 2.29. The number of benzene rings is 1. The second-order valence-corrected chi connectivity index (χ2v) is 7.20. The highest BCUT2D eigenvalue weighted by molar-refractivity contribution is 6.30. The van der Waals surface area contributed by atoms with Crippen LogP contribution in [0.3, 0.4) is 0 Å². The predicted molar refractivity (Wildman–Crippen MR) is 106 cm³/mol. The number of aryl methyl sites for hydroxylation is 2. The summed E-state index contributed by atoms with van der Waals surface area (Å²) in [7, 11) is 0. The van der Waals surface area contributed by atoms with Crippen LogP contribution in [0.2, 0.25) is 5.02 Å². The van der Waals surface area contributed by atoms with Crippen LogP contribution >= 0.6 is 11.6 Å². The van der Waals surface area contributed by atoms with E-state index in [2.05, 4.69) is 18.8 Å². The van der Waals surface area contributed by atoms with Crippen molar-refractivity contribution in [1.29, 1.82) is 0 Å². The lowest BCUT2D eigenvalue weighted by Crippen LogP contribution is -2.15. The van der Waals surface area contributed by atoms with E-state index in [0.29, 0.717) is 11.4 Å². The van der Waals surface area contributed by atoms with Gasteiger partial charge in [-0.1, -0.05) is 37.6 Å². The van der Waals surface area contributed by atoms with Crippen molar-refractivity contribution in [2.75, 3.05) is 0 Å². The van der Waals surface area contributed by atoms with Crippen molar-refractivity contribution in [3.8, 4) is 11.3 Å². The van der Waals surface area contributed by atoms with E-state index in [1.54, 1.807) is 0 Å². The van der Waals surface area contributed by atoms with Crippen LogP contribution in [-0.4, -0.2) is 20.4 Å². The van der Waals surface area contributed by atoms with Crippen molar-refractivity contribution < 1.29 is 4.79 Å². The van der Waals surface area contributed by atoms with Gasteiger partial charge in [0.05, 0.1) is 5.69 Å². The van der Waals surface area contributed by atoms with Crippen LogP contribution < -0.4 is 0 Å². The van der Waals surface area contributed by atoms with Crippen LogP contribution in [0.5, 0.6) is 0 Å². The summed E-state index contributed by atoms with van der Waals surface area (Å²) in [5, 5.41) is 5.45. The Balaban J connectivity index is 2.18. The van der Waals surface area contributed by atoms with E-state index >= 15 is 0 Å². The minimum absolute atomic E-state index is 0.0777. The lowest BCUT2D eigenvalue weighted by Gasteiger charge is -2.11. The molecule has 2 heterocycles. The summed E-state index contributed by atoms with van der Waals surface area (Å²) in [5.41, 5.74) is 5.35. The molecule has 0 aliphatic carbocycles. The first-order chi connectivity index (χ1) is 12.4. The second kappa shape index (κ2) is 7.58. The third-order valence-electron chi connectivity index (χ3n) is 4.90. The Morgan fingerprint density at radius 2 is 1.81 bits per heavy atom. The van der Waals surface area contributed by atoms with Crippen molar-refractivity contribution in [3.63, 3.8) is 0 Å². The minimum Gasteiger partial charge on any atom is -0.299 e. The van der Waals surface area contributed by atoms with E-state index in [1.807, 2.05) is 48.7 Å². The van der Waals surface area contributed by atoms with Crippen LogP contribution in [0, 0.1) is 19.8 Å². The van der Waals surface area contributed by atoms with Gasteiger partial charge < -0.3 is 0 Å². The summed E-state index contributed by atoms with van der Waals surface area (Å²) >= 11 is 6.04. The fourth-order valence-electron chi connectivity index (χ4n) is 3.43. The molecule has 3 rings (SSSR count). The number of rotatable bonds is 6. The zero-order valence-electron chi connectivity index (χ0n) is 15.7. The van der Waals surface area contributed by atoms with Crippen LogP contribution in [0.25, 0.3) is 16.9 Å². The molecule has 26 heavy (non-hydrogen) atoms. The van der Waals surface area contributed by atoms with Crippen molar-refractivity contribution >= 4 is 23.0 Å². The number of ketones is 1. The van der Waals surface area contributed by atoms with Gasteiger partial charge in [-0.15, -0.1) is 0 Å². The molecule has 5 heteroatoms. The van der Waals surface area contributed by atoms with Gasteiger partial charge >= 0.3 is 0 Å². The van der Waals surface area contributed by atoms with E-state index in [9.17, 15) is 4.79 Å². The highest BCUT2D eigenvalue weighted by Gasteiger charge is 2.23. The lowest BCUT2D eigenvalue weighted by molar-refractivity contribution is -0.122. The molecule has 0 aliphatic rings. The summed E-state index contributed by atoms with van der Waals surface area (Å²) in [4.78, 5) is 17.5. The third-order valence-corrected chi connectivity index (χ3v) is 5.15. The monoisotopic (exact) mass is 369 g/mol. The van der Waals surface area contributed by atoms with Gasteiger partial charge in [-0.3, -0.25) is 4.79 Å². The van der Waals surface area contributed by atoms with Gasteiger partial charge in [-0.25, -0.2) is 9.50 Å². The molecule has 0 amide bonds. The first-order valence-corrected chi connectivity index (χ1v) is 9.46. The molecule has 0 spiro atoms. The van der Waals surface area contributed by atoms with Crippen molar-refractivity contribution in [2.24, 2.45) is 5.92 Å². The van der Waals surface area contributed by atoms with Crippen LogP contribution in [-0.2, 0) is 11.2 Å². The first kappa shape index (κ1) is 18.6.